The highest BCUT2D eigenvalue weighted by Crippen LogP contribution is 2.13. The van der Waals surface area contributed by atoms with Crippen LogP contribution in [0.25, 0.3) is 0 Å². The maximum atomic E-state index is 13.1. The van der Waals surface area contributed by atoms with Crippen molar-refractivity contribution in [3.8, 4) is 0 Å². The molecule has 176 valence electrons. The lowest BCUT2D eigenvalue weighted by molar-refractivity contribution is -0.136. The van der Waals surface area contributed by atoms with Gasteiger partial charge < -0.3 is 29.5 Å². The Balaban J connectivity index is 2.15. The van der Waals surface area contributed by atoms with Crippen molar-refractivity contribution in [3.63, 3.8) is 0 Å². The van der Waals surface area contributed by atoms with E-state index in [2.05, 4.69) is 5.10 Å². The molecule has 2 heterocycles. The number of carbonyl (C=O) groups excluding carboxylic acids is 2. The van der Waals surface area contributed by atoms with E-state index in [-0.39, 0.29) is 25.0 Å². The Bertz CT molecular complexity index is 725. The number of aromatic nitrogens is 2. The fourth-order valence-corrected chi connectivity index (χ4v) is 3.62. The molecular weight excluding hydrogens is 404 g/mol. The summed E-state index contributed by atoms with van der Waals surface area (Å²) in [5.74, 6) is -0.240. The summed E-state index contributed by atoms with van der Waals surface area (Å²) in [5.41, 5.74) is 1.38. The number of aliphatic hydroxyl groups is 2. The fraction of sp³-hybridized carbons (Fsp3) is 0.762. The molecule has 0 bridgehead atoms. The zero-order valence-corrected chi connectivity index (χ0v) is 19.0. The fourth-order valence-electron chi connectivity index (χ4n) is 3.62. The van der Waals surface area contributed by atoms with E-state index < -0.39 is 18.3 Å². The quantitative estimate of drug-likeness (QED) is 0.662. The monoisotopic (exact) mass is 440 g/mol. The minimum Gasteiger partial charge on any atom is -0.388 e. The van der Waals surface area contributed by atoms with Crippen molar-refractivity contribution in [2.75, 3.05) is 46.5 Å². The number of aliphatic hydroxyl groups excluding tert-OH is 2. The number of ether oxygens (including phenoxy) is 2. The van der Waals surface area contributed by atoms with Crippen molar-refractivity contribution < 1.29 is 29.3 Å². The van der Waals surface area contributed by atoms with Crippen molar-refractivity contribution in [3.05, 3.63) is 17.5 Å². The normalized spacial score (nSPS) is 25.0. The minimum absolute atomic E-state index is 0.0291. The molecule has 10 heteroatoms. The molecule has 1 aliphatic heterocycles. The molecule has 0 radical (unpaired) electrons. The molecule has 1 saturated heterocycles. The first-order valence-corrected chi connectivity index (χ1v) is 10.8. The minimum atomic E-state index is -1.18. The van der Waals surface area contributed by atoms with Crippen molar-refractivity contribution >= 4 is 11.8 Å². The van der Waals surface area contributed by atoms with Crippen LogP contribution in [-0.4, -0.2) is 106 Å². The summed E-state index contributed by atoms with van der Waals surface area (Å²) in [7, 11) is 3.24. The van der Waals surface area contributed by atoms with Crippen molar-refractivity contribution in [2.24, 2.45) is 7.05 Å². The smallest absolute Gasteiger partial charge is 0.257 e. The largest absolute Gasteiger partial charge is 0.388 e. The average molecular weight is 441 g/mol. The third kappa shape index (κ3) is 6.99. The second-order valence-corrected chi connectivity index (χ2v) is 7.99. The highest BCUT2D eigenvalue weighted by atomic mass is 16.5. The molecular formula is C21H36N4O6. The van der Waals surface area contributed by atoms with Crippen LogP contribution in [0.4, 0.5) is 0 Å². The molecule has 10 nitrogen and oxygen atoms in total. The Kier molecular flexibility index (Phi) is 9.89. The molecule has 1 aromatic rings. The lowest BCUT2D eigenvalue weighted by Crippen LogP contribution is -2.48. The first kappa shape index (κ1) is 25.3. The first-order chi connectivity index (χ1) is 14.8. The average Bonchev–Trinajstić information content (AvgIpc) is 3.07. The van der Waals surface area contributed by atoms with E-state index in [1.165, 1.54) is 14.0 Å². The van der Waals surface area contributed by atoms with Gasteiger partial charge in [0, 0.05) is 59.6 Å². The van der Waals surface area contributed by atoms with E-state index in [0.29, 0.717) is 44.6 Å². The van der Waals surface area contributed by atoms with Gasteiger partial charge in [0.05, 0.1) is 18.4 Å². The van der Waals surface area contributed by atoms with Crippen LogP contribution >= 0.6 is 0 Å². The number of hydrogen-bond donors (Lipinski definition) is 2. The molecule has 2 amide bonds. The molecule has 1 fully saturated rings. The Morgan fingerprint density at radius 3 is 2.45 bits per heavy atom. The van der Waals surface area contributed by atoms with E-state index in [9.17, 15) is 19.8 Å². The van der Waals surface area contributed by atoms with Gasteiger partial charge >= 0.3 is 0 Å². The van der Waals surface area contributed by atoms with E-state index in [1.807, 2.05) is 6.92 Å². The van der Waals surface area contributed by atoms with Gasteiger partial charge in [-0.2, -0.15) is 5.10 Å². The Hall–Kier alpha value is -2.01. The van der Waals surface area contributed by atoms with Crippen molar-refractivity contribution in [1.82, 2.24) is 19.6 Å². The maximum Gasteiger partial charge on any atom is 0.257 e. The molecule has 1 aliphatic rings. The van der Waals surface area contributed by atoms with E-state index in [1.54, 1.807) is 27.7 Å². The van der Waals surface area contributed by atoms with Crippen LogP contribution in [0.1, 0.15) is 42.2 Å². The molecule has 0 unspecified atom stereocenters. The van der Waals surface area contributed by atoms with Gasteiger partial charge in [-0.25, -0.2) is 0 Å². The standard InChI is InChI=1S/C21H36N4O6/c1-15-17(12-22-23(15)3)21(29)24-8-5-6-11-31-14-18(27)20(28)19(30-4)13-25(16(2)26)10-7-9-24/h12,18-20,27-28H,5-11,13-14H2,1-4H3/t18-,19-,20-/m0/s1. The molecule has 31 heavy (non-hydrogen) atoms. The summed E-state index contributed by atoms with van der Waals surface area (Å²) in [6, 6.07) is 0. The van der Waals surface area contributed by atoms with Gasteiger partial charge in [0.2, 0.25) is 5.91 Å². The van der Waals surface area contributed by atoms with Gasteiger partial charge in [0.1, 0.15) is 18.3 Å². The van der Waals surface area contributed by atoms with E-state index >= 15 is 0 Å². The zero-order valence-electron chi connectivity index (χ0n) is 19.0. The topological polar surface area (TPSA) is 117 Å². The second kappa shape index (κ2) is 12.1. The predicted octanol–water partition coefficient (Wildman–Crippen LogP) is -0.0435. The van der Waals surface area contributed by atoms with Crippen molar-refractivity contribution in [1.29, 1.82) is 0 Å². The summed E-state index contributed by atoms with van der Waals surface area (Å²) >= 11 is 0. The zero-order chi connectivity index (χ0) is 23.0. The number of hydrogen-bond acceptors (Lipinski definition) is 7. The van der Waals surface area contributed by atoms with Crippen LogP contribution in [0, 0.1) is 6.92 Å². The number of aryl methyl sites for hydroxylation is 1. The number of carbonyl (C=O) groups is 2. The lowest BCUT2D eigenvalue weighted by atomic mass is 10.1. The third-order valence-electron chi connectivity index (χ3n) is 5.79. The van der Waals surface area contributed by atoms with E-state index in [0.717, 1.165) is 12.1 Å². The number of methoxy groups -OCH3 is 1. The van der Waals surface area contributed by atoms with Gasteiger partial charge in [0.15, 0.2) is 0 Å². The molecule has 0 aliphatic carbocycles. The number of amides is 2. The lowest BCUT2D eigenvalue weighted by Gasteiger charge is -2.31. The first-order valence-electron chi connectivity index (χ1n) is 10.8. The Morgan fingerprint density at radius 1 is 1.16 bits per heavy atom. The Labute approximate surface area is 183 Å². The summed E-state index contributed by atoms with van der Waals surface area (Å²) < 4.78 is 12.5. The predicted molar refractivity (Wildman–Crippen MR) is 114 cm³/mol. The summed E-state index contributed by atoms with van der Waals surface area (Å²) in [5, 5.41) is 24.8. The SMILES string of the molecule is CO[C@H]1CN(C(C)=O)CCCN(C(=O)c2cnn(C)c2C)CCCCOC[C@H](O)[C@@H]1O. The highest BCUT2D eigenvalue weighted by molar-refractivity contribution is 5.95. The van der Waals surface area contributed by atoms with Crippen molar-refractivity contribution in [2.45, 2.75) is 51.4 Å². The molecule has 3 atom stereocenters. The summed E-state index contributed by atoms with van der Waals surface area (Å²) in [6.07, 6.45) is 0.579. The third-order valence-corrected chi connectivity index (χ3v) is 5.79. The van der Waals surface area contributed by atoms with Gasteiger partial charge in [-0.15, -0.1) is 0 Å². The van der Waals surface area contributed by atoms with Crippen LogP contribution in [0.15, 0.2) is 6.20 Å². The molecule has 0 saturated carbocycles. The Morgan fingerprint density at radius 2 is 1.84 bits per heavy atom. The van der Waals surface area contributed by atoms with Gasteiger partial charge in [0.25, 0.3) is 5.91 Å². The van der Waals surface area contributed by atoms with Crippen LogP contribution in [0.2, 0.25) is 0 Å². The van der Waals surface area contributed by atoms with Gasteiger partial charge in [-0.05, 0) is 26.2 Å². The second-order valence-electron chi connectivity index (χ2n) is 7.99. The molecule has 2 rings (SSSR count). The number of rotatable bonds is 2. The number of nitrogens with zero attached hydrogens (tertiary/aromatic N) is 4. The van der Waals surface area contributed by atoms with Crippen LogP contribution < -0.4 is 0 Å². The maximum absolute atomic E-state index is 13.1. The molecule has 1 aromatic heterocycles. The van der Waals surface area contributed by atoms with E-state index in [4.69, 9.17) is 9.47 Å². The molecule has 2 N–H and O–H groups in total. The molecule has 0 spiro atoms. The summed E-state index contributed by atoms with van der Waals surface area (Å²) in [6.45, 7) is 5.29. The van der Waals surface area contributed by atoms with Crippen LogP contribution in [0.5, 0.6) is 0 Å². The van der Waals surface area contributed by atoms with Crippen LogP contribution in [0.3, 0.4) is 0 Å². The van der Waals surface area contributed by atoms with Crippen LogP contribution in [-0.2, 0) is 21.3 Å². The summed E-state index contributed by atoms with van der Waals surface area (Å²) in [4.78, 5) is 28.6. The molecule has 0 aromatic carbocycles. The highest BCUT2D eigenvalue weighted by Gasteiger charge is 2.29. The van der Waals surface area contributed by atoms with Gasteiger partial charge in [-0.3, -0.25) is 14.3 Å². The van der Waals surface area contributed by atoms with Gasteiger partial charge in [-0.1, -0.05) is 0 Å².